The Bertz CT molecular complexity index is 787. The second-order valence-corrected chi connectivity index (χ2v) is 7.23. The summed E-state index contributed by atoms with van der Waals surface area (Å²) in [6, 6.07) is 12.3. The Morgan fingerprint density at radius 2 is 2.11 bits per heavy atom. The summed E-state index contributed by atoms with van der Waals surface area (Å²) < 4.78 is 5.60. The molecule has 0 radical (unpaired) electrons. The minimum absolute atomic E-state index is 0.0743. The molecule has 2 aromatic rings. The predicted octanol–water partition coefficient (Wildman–Crippen LogP) is 3.11. The number of benzene rings is 1. The van der Waals surface area contributed by atoms with E-state index in [1.54, 1.807) is 11.1 Å². The van der Waals surface area contributed by atoms with Gasteiger partial charge in [-0.1, -0.05) is 29.8 Å². The topological polar surface area (TPSA) is 57.7 Å². The van der Waals surface area contributed by atoms with Gasteiger partial charge in [-0.3, -0.25) is 4.90 Å². The molecule has 6 heteroatoms. The molecule has 1 atom stereocenters. The Hall–Kier alpha value is -2.60. The highest BCUT2D eigenvalue weighted by Gasteiger charge is 2.28. The molecule has 1 fully saturated rings. The summed E-state index contributed by atoms with van der Waals surface area (Å²) in [5.41, 5.74) is 3.36. The van der Waals surface area contributed by atoms with Crippen molar-refractivity contribution in [3.05, 3.63) is 53.7 Å². The van der Waals surface area contributed by atoms with Crippen molar-refractivity contribution in [2.45, 2.75) is 32.4 Å². The number of fused-ring (bicyclic) bond motifs is 1. The Morgan fingerprint density at radius 1 is 1.26 bits per heavy atom. The standard InChI is InChI=1S/C21H26N4O2/c1-16-6-8-17(9-7-16)15-24-11-12-25(19-5-2-10-22-20(19)24)21(26)23-14-18-4-3-13-27-18/h2,5-10,18H,3-4,11-15H2,1H3,(H,23,26). The van der Waals surface area contributed by atoms with Crippen LogP contribution in [0.2, 0.25) is 0 Å². The molecule has 2 aliphatic heterocycles. The molecule has 6 nitrogen and oxygen atoms in total. The van der Waals surface area contributed by atoms with Crippen LogP contribution in [0.3, 0.4) is 0 Å². The Kier molecular flexibility index (Phi) is 5.25. The van der Waals surface area contributed by atoms with Gasteiger partial charge in [0.25, 0.3) is 0 Å². The van der Waals surface area contributed by atoms with E-state index in [0.717, 1.165) is 44.0 Å². The molecule has 4 rings (SSSR count). The highest BCUT2D eigenvalue weighted by atomic mass is 16.5. The Morgan fingerprint density at radius 3 is 2.89 bits per heavy atom. The first-order valence-corrected chi connectivity index (χ1v) is 9.63. The molecular formula is C21H26N4O2. The van der Waals surface area contributed by atoms with Crippen LogP contribution in [0, 0.1) is 6.92 Å². The number of nitrogens with zero attached hydrogens (tertiary/aromatic N) is 3. The maximum atomic E-state index is 12.7. The molecule has 142 valence electrons. The first-order valence-electron chi connectivity index (χ1n) is 9.63. The van der Waals surface area contributed by atoms with Crippen LogP contribution in [0.25, 0.3) is 0 Å². The van der Waals surface area contributed by atoms with Gasteiger partial charge < -0.3 is 15.0 Å². The van der Waals surface area contributed by atoms with Crippen molar-refractivity contribution in [3.8, 4) is 0 Å². The molecule has 1 unspecified atom stereocenters. The van der Waals surface area contributed by atoms with E-state index in [9.17, 15) is 4.79 Å². The van der Waals surface area contributed by atoms with E-state index in [2.05, 4.69) is 46.4 Å². The summed E-state index contributed by atoms with van der Waals surface area (Å²) in [5, 5.41) is 3.02. The molecule has 2 amide bonds. The maximum absolute atomic E-state index is 12.7. The van der Waals surface area contributed by atoms with E-state index in [4.69, 9.17) is 4.74 Å². The minimum atomic E-state index is -0.0743. The lowest BCUT2D eigenvalue weighted by Gasteiger charge is -2.36. The van der Waals surface area contributed by atoms with E-state index >= 15 is 0 Å². The van der Waals surface area contributed by atoms with Gasteiger partial charge in [0.1, 0.15) is 0 Å². The van der Waals surface area contributed by atoms with Gasteiger partial charge in [-0.05, 0) is 37.5 Å². The minimum Gasteiger partial charge on any atom is -0.376 e. The second-order valence-electron chi connectivity index (χ2n) is 7.23. The van der Waals surface area contributed by atoms with Gasteiger partial charge in [0.15, 0.2) is 5.82 Å². The number of carbonyl (C=O) groups excluding carboxylic acids is 1. The van der Waals surface area contributed by atoms with Crippen LogP contribution < -0.4 is 15.1 Å². The van der Waals surface area contributed by atoms with Gasteiger partial charge in [-0.25, -0.2) is 9.78 Å². The molecule has 3 heterocycles. The number of hydrogen-bond donors (Lipinski definition) is 1. The quantitative estimate of drug-likeness (QED) is 0.903. The molecule has 1 saturated heterocycles. The van der Waals surface area contributed by atoms with Gasteiger partial charge >= 0.3 is 6.03 Å². The number of urea groups is 1. The van der Waals surface area contributed by atoms with E-state index in [0.29, 0.717) is 13.1 Å². The van der Waals surface area contributed by atoms with Crippen molar-refractivity contribution in [2.24, 2.45) is 0 Å². The monoisotopic (exact) mass is 366 g/mol. The fourth-order valence-electron chi connectivity index (χ4n) is 3.67. The number of hydrogen-bond acceptors (Lipinski definition) is 4. The van der Waals surface area contributed by atoms with E-state index < -0.39 is 0 Å². The first-order chi connectivity index (χ1) is 13.2. The smallest absolute Gasteiger partial charge is 0.322 e. The van der Waals surface area contributed by atoms with Gasteiger partial charge in [0, 0.05) is 39.0 Å². The largest absolute Gasteiger partial charge is 0.376 e. The molecule has 1 aromatic carbocycles. The van der Waals surface area contributed by atoms with Crippen LogP contribution in [-0.2, 0) is 11.3 Å². The van der Waals surface area contributed by atoms with E-state index in [1.165, 1.54) is 11.1 Å². The van der Waals surface area contributed by atoms with Crippen molar-refractivity contribution in [3.63, 3.8) is 0 Å². The molecule has 0 bridgehead atoms. The van der Waals surface area contributed by atoms with Gasteiger partial charge in [-0.15, -0.1) is 0 Å². The van der Waals surface area contributed by atoms with E-state index in [1.807, 2.05) is 12.1 Å². The molecule has 27 heavy (non-hydrogen) atoms. The zero-order valence-corrected chi connectivity index (χ0v) is 15.7. The average Bonchev–Trinajstić information content (AvgIpc) is 3.22. The second kappa shape index (κ2) is 7.96. The van der Waals surface area contributed by atoms with Crippen molar-refractivity contribution in [2.75, 3.05) is 36.0 Å². The number of amides is 2. The molecule has 0 spiro atoms. The summed E-state index contributed by atoms with van der Waals surface area (Å²) >= 11 is 0. The van der Waals surface area contributed by atoms with E-state index in [-0.39, 0.29) is 12.1 Å². The van der Waals surface area contributed by atoms with Gasteiger partial charge in [0.2, 0.25) is 0 Å². The fraction of sp³-hybridized carbons (Fsp3) is 0.429. The van der Waals surface area contributed by atoms with Crippen molar-refractivity contribution in [1.82, 2.24) is 10.3 Å². The molecule has 1 N–H and O–H groups in total. The van der Waals surface area contributed by atoms with Crippen LogP contribution >= 0.6 is 0 Å². The Balaban J connectivity index is 1.47. The third-order valence-corrected chi connectivity index (χ3v) is 5.19. The van der Waals surface area contributed by atoms with Crippen molar-refractivity contribution in [1.29, 1.82) is 0 Å². The van der Waals surface area contributed by atoms with Crippen LogP contribution in [0.1, 0.15) is 24.0 Å². The molecule has 0 saturated carbocycles. The molecule has 1 aromatic heterocycles. The highest BCUT2D eigenvalue weighted by molar-refractivity contribution is 5.96. The summed E-state index contributed by atoms with van der Waals surface area (Å²) in [6.07, 6.45) is 4.02. The molecule has 2 aliphatic rings. The SMILES string of the molecule is Cc1ccc(CN2CCN(C(=O)NCC3CCCO3)c3cccnc32)cc1. The number of anilines is 2. The van der Waals surface area contributed by atoms with Gasteiger partial charge in [0.05, 0.1) is 11.8 Å². The van der Waals surface area contributed by atoms with Crippen LogP contribution in [0.5, 0.6) is 0 Å². The lowest BCUT2D eigenvalue weighted by Crippen LogP contribution is -2.49. The molecular weight excluding hydrogens is 340 g/mol. The predicted molar refractivity (Wildman–Crippen MR) is 106 cm³/mol. The number of carbonyl (C=O) groups is 1. The number of rotatable bonds is 4. The number of ether oxygens (including phenoxy) is 1. The Labute approximate surface area is 160 Å². The summed E-state index contributed by atoms with van der Waals surface area (Å²) in [7, 11) is 0. The van der Waals surface area contributed by atoms with Crippen LogP contribution in [0.15, 0.2) is 42.6 Å². The highest BCUT2D eigenvalue weighted by Crippen LogP contribution is 2.31. The summed E-state index contributed by atoms with van der Waals surface area (Å²) in [6.45, 7) is 5.64. The zero-order chi connectivity index (χ0) is 18.6. The summed E-state index contributed by atoms with van der Waals surface area (Å²) in [4.78, 5) is 21.3. The van der Waals surface area contributed by atoms with Crippen molar-refractivity contribution < 1.29 is 9.53 Å². The number of pyridine rings is 1. The lowest BCUT2D eigenvalue weighted by molar-refractivity contribution is 0.111. The van der Waals surface area contributed by atoms with Crippen LogP contribution in [-0.4, -0.2) is 43.4 Å². The van der Waals surface area contributed by atoms with Gasteiger partial charge in [-0.2, -0.15) is 0 Å². The number of aromatic nitrogens is 1. The fourth-order valence-corrected chi connectivity index (χ4v) is 3.67. The third-order valence-electron chi connectivity index (χ3n) is 5.19. The van der Waals surface area contributed by atoms with Crippen LogP contribution in [0.4, 0.5) is 16.3 Å². The summed E-state index contributed by atoms with van der Waals surface area (Å²) in [5.74, 6) is 0.858. The number of nitrogens with one attached hydrogen (secondary N) is 1. The number of aryl methyl sites for hydroxylation is 1. The maximum Gasteiger partial charge on any atom is 0.322 e. The normalized spacial score (nSPS) is 19.1. The lowest BCUT2D eigenvalue weighted by atomic mass is 10.1. The molecule has 0 aliphatic carbocycles. The zero-order valence-electron chi connectivity index (χ0n) is 15.7. The first kappa shape index (κ1) is 17.8. The average molecular weight is 366 g/mol. The van der Waals surface area contributed by atoms with Crippen molar-refractivity contribution >= 4 is 17.5 Å². The third kappa shape index (κ3) is 4.06.